The van der Waals surface area contributed by atoms with E-state index in [0.29, 0.717) is 12.0 Å². The fourth-order valence-electron chi connectivity index (χ4n) is 0.913. The Bertz CT molecular complexity index is 345. The maximum atomic E-state index is 11.3. The molecular formula is C11H20O5S. The van der Waals surface area contributed by atoms with Crippen LogP contribution in [-0.2, 0) is 23.8 Å². The second kappa shape index (κ2) is 8.25. The fraction of sp³-hybridized carbons (Fsp3) is 0.727. The first-order valence-corrected chi connectivity index (χ1v) is 7.16. The Balaban J connectivity index is 3.73. The van der Waals surface area contributed by atoms with Crippen molar-refractivity contribution in [2.45, 2.75) is 33.1 Å². The van der Waals surface area contributed by atoms with Gasteiger partial charge in [-0.1, -0.05) is 19.9 Å². The highest BCUT2D eigenvalue weighted by Crippen LogP contribution is 2.00. The van der Waals surface area contributed by atoms with Gasteiger partial charge in [-0.2, -0.15) is 8.42 Å². The van der Waals surface area contributed by atoms with E-state index in [1.807, 2.05) is 6.92 Å². The van der Waals surface area contributed by atoms with Crippen LogP contribution in [0.15, 0.2) is 12.2 Å². The Morgan fingerprint density at radius 1 is 1.24 bits per heavy atom. The molecule has 0 N–H and O–H groups in total. The average Bonchev–Trinajstić information content (AvgIpc) is 2.24. The number of carbonyl (C=O) groups excluding carboxylic acids is 1. The summed E-state index contributed by atoms with van der Waals surface area (Å²) < 4.78 is 32.1. The summed E-state index contributed by atoms with van der Waals surface area (Å²) in [6.45, 7) is 7.17. The summed E-state index contributed by atoms with van der Waals surface area (Å²) >= 11 is 0. The Labute approximate surface area is 103 Å². The Morgan fingerprint density at radius 3 is 2.41 bits per heavy atom. The third-order valence-electron chi connectivity index (χ3n) is 1.88. The number of rotatable bonds is 9. The molecule has 0 heterocycles. The maximum absolute atomic E-state index is 11.3. The highest BCUT2D eigenvalue weighted by atomic mass is 32.2. The molecule has 0 unspecified atom stereocenters. The van der Waals surface area contributed by atoms with E-state index in [9.17, 15) is 13.2 Å². The van der Waals surface area contributed by atoms with Gasteiger partial charge in [0, 0.05) is 5.57 Å². The van der Waals surface area contributed by atoms with E-state index in [4.69, 9.17) is 8.92 Å². The van der Waals surface area contributed by atoms with E-state index < -0.39 is 16.1 Å². The summed E-state index contributed by atoms with van der Waals surface area (Å²) in [5, 5.41) is 0. The average molecular weight is 264 g/mol. The van der Waals surface area contributed by atoms with Gasteiger partial charge in [-0.25, -0.2) is 4.79 Å². The second-order valence-electron chi connectivity index (χ2n) is 3.71. The van der Waals surface area contributed by atoms with Crippen LogP contribution in [0.1, 0.15) is 33.1 Å². The zero-order chi connectivity index (χ0) is 13.3. The van der Waals surface area contributed by atoms with Crippen molar-refractivity contribution in [2.24, 2.45) is 0 Å². The van der Waals surface area contributed by atoms with Crippen molar-refractivity contribution in [1.82, 2.24) is 0 Å². The van der Waals surface area contributed by atoms with Crippen LogP contribution in [0.25, 0.3) is 0 Å². The molecule has 0 aliphatic heterocycles. The molecule has 0 spiro atoms. The molecule has 0 bridgehead atoms. The SMILES string of the molecule is C=C(C)C(=O)OCCCS(=O)(=O)OCCCC. The predicted octanol–water partition coefficient (Wildman–Crippen LogP) is 1.64. The van der Waals surface area contributed by atoms with Gasteiger partial charge in [0.2, 0.25) is 0 Å². The normalized spacial score (nSPS) is 11.2. The van der Waals surface area contributed by atoms with Crippen molar-refractivity contribution < 1.29 is 22.1 Å². The molecule has 17 heavy (non-hydrogen) atoms. The van der Waals surface area contributed by atoms with Crippen LogP contribution in [0.2, 0.25) is 0 Å². The molecule has 6 heteroatoms. The Morgan fingerprint density at radius 2 is 1.88 bits per heavy atom. The molecule has 5 nitrogen and oxygen atoms in total. The molecule has 0 aliphatic carbocycles. The van der Waals surface area contributed by atoms with Crippen molar-refractivity contribution >= 4 is 16.1 Å². The van der Waals surface area contributed by atoms with Crippen molar-refractivity contribution in [2.75, 3.05) is 19.0 Å². The Kier molecular flexibility index (Phi) is 7.82. The molecule has 0 rings (SSSR count). The fourth-order valence-corrected chi connectivity index (χ4v) is 1.87. The lowest BCUT2D eigenvalue weighted by atomic mass is 10.4. The van der Waals surface area contributed by atoms with Gasteiger partial charge in [0.25, 0.3) is 10.1 Å². The quantitative estimate of drug-likeness (QED) is 0.274. The minimum atomic E-state index is -3.49. The summed E-state index contributed by atoms with van der Waals surface area (Å²) in [4.78, 5) is 11.0. The first kappa shape index (κ1) is 16.1. The van der Waals surface area contributed by atoms with Crippen molar-refractivity contribution in [3.8, 4) is 0 Å². The van der Waals surface area contributed by atoms with Crippen LogP contribution in [0.3, 0.4) is 0 Å². The predicted molar refractivity (Wildman–Crippen MR) is 65.0 cm³/mol. The van der Waals surface area contributed by atoms with E-state index in [0.717, 1.165) is 6.42 Å². The van der Waals surface area contributed by atoms with Gasteiger partial charge < -0.3 is 4.74 Å². The Hall–Kier alpha value is -0.880. The molecule has 0 amide bonds. The smallest absolute Gasteiger partial charge is 0.333 e. The van der Waals surface area contributed by atoms with E-state index in [-0.39, 0.29) is 25.4 Å². The lowest BCUT2D eigenvalue weighted by molar-refractivity contribution is -0.138. The highest BCUT2D eigenvalue weighted by molar-refractivity contribution is 7.86. The first-order chi connectivity index (χ1) is 7.89. The lowest BCUT2D eigenvalue weighted by Gasteiger charge is -2.06. The lowest BCUT2D eigenvalue weighted by Crippen LogP contribution is -2.14. The maximum Gasteiger partial charge on any atom is 0.333 e. The second-order valence-corrected chi connectivity index (χ2v) is 5.47. The van der Waals surface area contributed by atoms with Crippen LogP contribution in [0, 0.1) is 0 Å². The topological polar surface area (TPSA) is 69.7 Å². The van der Waals surface area contributed by atoms with Gasteiger partial charge in [0.1, 0.15) is 0 Å². The first-order valence-electron chi connectivity index (χ1n) is 5.58. The van der Waals surface area contributed by atoms with Crippen molar-refractivity contribution in [3.63, 3.8) is 0 Å². The van der Waals surface area contributed by atoms with Crippen LogP contribution in [0.4, 0.5) is 0 Å². The van der Waals surface area contributed by atoms with Gasteiger partial charge in [-0.15, -0.1) is 0 Å². The summed E-state index contributed by atoms with van der Waals surface area (Å²) in [6, 6.07) is 0. The number of hydrogen-bond donors (Lipinski definition) is 0. The van der Waals surface area contributed by atoms with E-state index in [2.05, 4.69) is 6.58 Å². The van der Waals surface area contributed by atoms with Gasteiger partial charge in [-0.3, -0.25) is 4.18 Å². The number of ether oxygens (including phenoxy) is 1. The monoisotopic (exact) mass is 264 g/mol. The molecule has 0 fully saturated rings. The van der Waals surface area contributed by atoms with Crippen molar-refractivity contribution in [3.05, 3.63) is 12.2 Å². The van der Waals surface area contributed by atoms with Gasteiger partial charge in [-0.05, 0) is 19.8 Å². The zero-order valence-electron chi connectivity index (χ0n) is 10.4. The highest BCUT2D eigenvalue weighted by Gasteiger charge is 2.11. The molecule has 0 saturated carbocycles. The number of hydrogen-bond acceptors (Lipinski definition) is 5. The number of esters is 1. The number of carbonyl (C=O) groups is 1. The van der Waals surface area contributed by atoms with Gasteiger partial charge in [0.05, 0.1) is 19.0 Å². The van der Waals surface area contributed by atoms with E-state index >= 15 is 0 Å². The summed E-state index contributed by atoms with van der Waals surface area (Å²) in [5.74, 6) is -0.644. The van der Waals surface area contributed by atoms with E-state index in [1.54, 1.807) is 0 Å². The van der Waals surface area contributed by atoms with Crippen LogP contribution in [0.5, 0.6) is 0 Å². The third-order valence-corrected chi connectivity index (χ3v) is 3.20. The van der Waals surface area contributed by atoms with Crippen LogP contribution >= 0.6 is 0 Å². The molecule has 100 valence electrons. The molecule has 0 aromatic heterocycles. The standard InChI is InChI=1S/C11H20O5S/c1-4-5-8-16-17(13,14)9-6-7-15-11(12)10(2)3/h2,4-9H2,1,3H3. The zero-order valence-corrected chi connectivity index (χ0v) is 11.2. The molecule has 0 aliphatic rings. The van der Waals surface area contributed by atoms with Crippen LogP contribution < -0.4 is 0 Å². The summed E-state index contributed by atoms with van der Waals surface area (Å²) in [7, 11) is -3.49. The van der Waals surface area contributed by atoms with Gasteiger partial charge in [0.15, 0.2) is 0 Å². The van der Waals surface area contributed by atoms with Gasteiger partial charge >= 0.3 is 5.97 Å². The molecule has 0 saturated heterocycles. The molecule has 0 aromatic carbocycles. The largest absolute Gasteiger partial charge is 0.462 e. The van der Waals surface area contributed by atoms with Crippen LogP contribution in [-0.4, -0.2) is 33.4 Å². The minimum Gasteiger partial charge on any atom is -0.462 e. The summed E-state index contributed by atoms with van der Waals surface area (Å²) in [5.41, 5.74) is 0.298. The molecular weight excluding hydrogens is 244 g/mol. The number of unbranched alkanes of at least 4 members (excludes halogenated alkanes) is 1. The molecule has 0 radical (unpaired) electrons. The summed E-state index contributed by atoms with van der Waals surface area (Å²) in [6.07, 6.45) is 1.82. The minimum absolute atomic E-state index is 0.0576. The molecule has 0 aromatic rings. The van der Waals surface area contributed by atoms with E-state index in [1.165, 1.54) is 6.92 Å². The third kappa shape index (κ3) is 8.88. The van der Waals surface area contributed by atoms with Crippen molar-refractivity contribution in [1.29, 1.82) is 0 Å². The molecule has 0 atom stereocenters.